The molecule has 2 N–H and O–H groups in total. The minimum absolute atomic E-state index is 0.105. The van der Waals surface area contributed by atoms with E-state index in [1.54, 1.807) is 12.1 Å². The Bertz CT molecular complexity index is 683. The van der Waals surface area contributed by atoms with Crippen molar-refractivity contribution in [1.82, 2.24) is 15.1 Å². The largest absolute Gasteiger partial charge is 0.506 e. The van der Waals surface area contributed by atoms with Crippen LogP contribution in [-0.4, -0.2) is 21.4 Å². The van der Waals surface area contributed by atoms with Crippen LogP contribution in [0.3, 0.4) is 0 Å². The molecule has 1 heterocycles. The first-order chi connectivity index (χ1) is 9.52. The molecular formula is C14H16ClN3O2. The van der Waals surface area contributed by atoms with Gasteiger partial charge in [-0.2, -0.15) is 9.78 Å². The topological polar surface area (TPSA) is 67.2 Å². The standard InChI is InChI=1S/C14H16ClN3O2/c1-3-16-8-11-13(19)7-14(20)18(17-11)12-6-10(15)5-4-9(12)2/h4-7,16,19H,3,8H2,1-2H3. The Labute approximate surface area is 121 Å². The van der Waals surface area contributed by atoms with E-state index >= 15 is 0 Å². The van der Waals surface area contributed by atoms with Crippen molar-refractivity contribution in [3.05, 3.63) is 50.9 Å². The molecule has 1 aromatic heterocycles. The Hall–Kier alpha value is -1.85. The molecule has 5 nitrogen and oxygen atoms in total. The second-order valence-corrected chi connectivity index (χ2v) is 4.87. The summed E-state index contributed by atoms with van der Waals surface area (Å²) in [4.78, 5) is 12.0. The monoisotopic (exact) mass is 293 g/mol. The first-order valence-electron chi connectivity index (χ1n) is 6.32. The van der Waals surface area contributed by atoms with Gasteiger partial charge in [-0.15, -0.1) is 0 Å². The fourth-order valence-corrected chi connectivity index (χ4v) is 2.00. The van der Waals surface area contributed by atoms with E-state index in [9.17, 15) is 9.90 Å². The van der Waals surface area contributed by atoms with Crippen LogP contribution >= 0.6 is 11.6 Å². The van der Waals surface area contributed by atoms with Crippen molar-refractivity contribution in [2.45, 2.75) is 20.4 Å². The molecule has 0 saturated heterocycles. The number of benzene rings is 1. The molecular weight excluding hydrogens is 278 g/mol. The van der Waals surface area contributed by atoms with Crippen LogP contribution in [0.5, 0.6) is 5.75 Å². The molecule has 0 atom stereocenters. The number of rotatable bonds is 4. The maximum Gasteiger partial charge on any atom is 0.275 e. The Kier molecular flexibility index (Phi) is 4.42. The molecule has 0 aliphatic rings. The van der Waals surface area contributed by atoms with E-state index in [0.29, 0.717) is 22.9 Å². The number of aromatic nitrogens is 2. The molecule has 0 bridgehead atoms. The summed E-state index contributed by atoms with van der Waals surface area (Å²) < 4.78 is 1.26. The predicted molar refractivity (Wildman–Crippen MR) is 78.6 cm³/mol. The van der Waals surface area contributed by atoms with Gasteiger partial charge >= 0.3 is 0 Å². The summed E-state index contributed by atoms with van der Waals surface area (Å²) in [5.41, 5.74) is 1.52. The lowest BCUT2D eigenvalue weighted by Gasteiger charge is -2.11. The van der Waals surface area contributed by atoms with Gasteiger partial charge in [-0.25, -0.2) is 0 Å². The highest BCUT2D eigenvalue weighted by Gasteiger charge is 2.11. The van der Waals surface area contributed by atoms with Gasteiger partial charge in [-0.05, 0) is 31.2 Å². The zero-order valence-electron chi connectivity index (χ0n) is 11.4. The van der Waals surface area contributed by atoms with E-state index in [4.69, 9.17) is 11.6 Å². The summed E-state index contributed by atoms with van der Waals surface area (Å²) in [6.07, 6.45) is 0. The van der Waals surface area contributed by atoms with Crippen molar-refractivity contribution in [1.29, 1.82) is 0 Å². The van der Waals surface area contributed by atoms with Crippen molar-refractivity contribution in [3.63, 3.8) is 0 Å². The molecule has 6 heteroatoms. The van der Waals surface area contributed by atoms with Crippen molar-refractivity contribution >= 4 is 11.6 Å². The summed E-state index contributed by atoms with van der Waals surface area (Å²) in [6.45, 7) is 4.96. The third-order valence-corrected chi connectivity index (χ3v) is 3.16. The molecule has 0 aliphatic heterocycles. The molecule has 106 valence electrons. The number of hydrogen-bond acceptors (Lipinski definition) is 4. The highest BCUT2D eigenvalue weighted by Crippen LogP contribution is 2.19. The summed E-state index contributed by atoms with van der Waals surface area (Å²) in [7, 11) is 0. The number of aryl methyl sites for hydroxylation is 1. The van der Waals surface area contributed by atoms with Crippen LogP contribution in [0, 0.1) is 6.92 Å². The third kappa shape index (κ3) is 3.00. The van der Waals surface area contributed by atoms with E-state index < -0.39 is 5.56 Å². The Morgan fingerprint density at radius 3 is 2.85 bits per heavy atom. The molecule has 0 amide bonds. The molecule has 0 saturated carbocycles. The number of aromatic hydroxyl groups is 1. The van der Waals surface area contributed by atoms with Crippen LogP contribution in [0.25, 0.3) is 5.69 Å². The zero-order valence-corrected chi connectivity index (χ0v) is 12.1. The van der Waals surface area contributed by atoms with E-state index in [1.807, 2.05) is 19.9 Å². The Morgan fingerprint density at radius 1 is 1.40 bits per heavy atom. The van der Waals surface area contributed by atoms with Crippen LogP contribution < -0.4 is 10.9 Å². The van der Waals surface area contributed by atoms with Gasteiger partial charge in [-0.3, -0.25) is 4.79 Å². The third-order valence-electron chi connectivity index (χ3n) is 2.93. The quantitative estimate of drug-likeness (QED) is 0.905. The number of hydrogen-bond donors (Lipinski definition) is 2. The van der Waals surface area contributed by atoms with Crippen LogP contribution in [0.15, 0.2) is 29.1 Å². The first kappa shape index (κ1) is 14.6. The Morgan fingerprint density at radius 2 is 2.15 bits per heavy atom. The summed E-state index contributed by atoms with van der Waals surface area (Å²) >= 11 is 5.97. The van der Waals surface area contributed by atoms with Crippen molar-refractivity contribution in [3.8, 4) is 11.4 Å². The van der Waals surface area contributed by atoms with Gasteiger partial charge in [0.1, 0.15) is 11.4 Å². The molecule has 0 unspecified atom stereocenters. The molecule has 1 aromatic carbocycles. The normalized spacial score (nSPS) is 10.8. The first-order valence-corrected chi connectivity index (χ1v) is 6.70. The van der Waals surface area contributed by atoms with E-state index in [0.717, 1.165) is 12.1 Å². The second kappa shape index (κ2) is 6.07. The second-order valence-electron chi connectivity index (χ2n) is 4.44. The van der Waals surface area contributed by atoms with Gasteiger partial charge in [0.05, 0.1) is 5.69 Å². The van der Waals surface area contributed by atoms with Crippen molar-refractivity contribution in [2.24, 2.45) is 0 Å². The number of halogens is 1. The molecule has 0 aliphatic carbocycles. The Balaban J connectivity index is 2.56. The van der Waals surface area contributed by atoms with Crippen LogP contribution in [0.2, 0.25) is 5.02 Å². The average molecular weight is 294 g/mol. The van der Waals surface area contributed by atoms with Gasteiger partial charge in [0.2, 0.25) is 0 Å². The van der Waals surface area contributed by atoms with E-state index in [-0.39, 0.29) is 5.75 Å². The lowest BCUT2D eigenvalue weighted by Crippen LogP contribution is -2.24. The SMILES string of the molecule is CCNCc1nn(-c2cc(Cl)ccc2C)c(=O)cc1O. The zero-order chi connectivity index (χ0) is 14.7. The summed E-state index contributed by atoms with van der Waals surface area (Å²) in [5.74, 6) is -0.105. The van der Waals surface area contributed by atoms with Crippen molar-refractivity contribution < 1.29 is 5.11 Å². The van der Waals surface area contributed by atoms with Crippen LogP contribution in [0.4, 0.5) is 0 Å². The van der Waals surface area contributed by atoms with Gasteiger partial charge in [0.15, 0.2) is 0 Å². The smallest absolute Gasteiger partial charge is 0.275 e. The van der Waals surface area contributed by atoms with E-state index in [2.05, 4.69) is 10.4 Å². The molecule has 0 spiro atoms. The lowest BCUT2D eigenvalue weighted by atomic mass is 10.2. The highest BCUT2D eigenvalue weighted by atomic mass is 35.5. The lowest BCUT2D eigenvalue weighted by molar-refractivity contribution is 0.452. The number of nitrogens with zero attached hydrogens (tertiary/aromatic N) is 2. The van der Waals surface area contributed by atoms with E-state index in [1.165, 1.54) is 10.7 Å². The predicted octanol–water partition coefficient (Wildman–Crippen LogP) is 2.01. The number of nitrogens with one attached hydrogen (secondary N) is 1. The molecule has 20 heavy (non-hydrogen) atoms. The summed E-state index contributed by atoms with van der Waals surface area (Å²) in [6, 6.07) is 6.42. The summed E-state index contributed by atoms with van der Waals surface area (Å²) in [5, 5.41) is 17.6. The van der Waals surface area contributed by atoms with Gasteiger partial charge < -0.3 is 10.4 Å². The fourth-order valence-electron chi connectivity index (χ4n) is 1.84. The maximum absolute atomic E-state index is 12.0. The van der Waals surface area contributed by atoms with Crippen LogP contribution in [-0.2, 0) is 6.54 Å². The minimum atomic E-state index is -0.395. The fraction of sp³-hybridized carbons (Fsp3) is 0.286. The van der Waals surface area contributed by atoms with Gasteiger partial charge in [-0.1, -0.05) is 24.6 Å². The van der Waals surface area contributed by atoms with Gasteiger partial charge in [0, 0.05) is 17.6 Å². The highest BCUT2D eigenvalue weighted by molar-refractivity contribution is 6.30. The average Bonchev–Trinajstić information content (AvgIpc) is 2.41. The maximum atomic E-state index is 12.0. The molecule has 0 fully saturated rings. The van der Waals surface area contributed by atoms with Gasteiger partial charge in [0.25, 0.3) is 5.56 Å². The minimum Gasteiger partial charge on any atom is -0.506 e. The molecule has 0 radical (unpaired) electrons. The van der Waals surface area contributed by atoms with Crippen LogP contribution in [0.1, 0.15) is 18.2 Å². The molecule has 2 aromatic rings. The molecule has 2 rings (SSSR count). The van der Waals surface area contributed by atoms with Crippen molar-refractivity contribution in [2.75, 3.05) is 6.54 Å².